The van der Waals surface area contributed by atoms with Crippen LogP contribution in [0.5, 0.6) is 0 Å². The summed E-state index contributed by atoms with van der Waals surface area (Å²) in [5.74, 6) is 1.38. The third-order valence-electron chi connectivity index (χ3n) is 4.97. The van der Waals surface area contributed by atoms with Crippen LogP contribution in [0.4, 0.5) is 0 Å². The molecule has 1 rings (SSSR count). The monoisotopic (exact) mass is 314 g/mol. The SMILES string of the molecule is CCCCC(CC)C(CCC)C[C@@H](O)COC1CCCCO1. The van der Waals surface area contributed by atoms with Gasteiger partial charge in [0.25, 0.3) is 0 Å². The fourth-order valence-electron chi connectivity index (χ4n) is 3.63. The summed E-state index contributed by atoms with van der Waals surface area (Å²) in [4.78, 5) is 0. The lowest BCUT2D eigenvalue weighted by Crippen LogP contribution is -2.29. The molecule has 1 N–H and O–H groups in total. The molecule has 1 aliphatic heterocycles. The Bertz CT molecular complexity index is 251. The highest BCUT2D eigenvalue weighted by molar-refractivity contribution is 4.73. The predicted molar refractivity (Wildman–Crippen MR) is 91.9 cm³/mol. The molecule has 1 fully saturated rings. The number of unbranched alkanes of at least 4 members (excludes halogenated alkanes) is 1. The fraction of sp³-hybridized carbons (Fsp3) is 1.00. The van der Waals surface area contributed by atoms with Crippen molar-refractivity contribution in [3.63, 3.8) is 0 Å². The molecule has 1 heterocycles. The Morgan fingerprint density at radius 1 is 1.09 bits per heavy atom. The van der Waals surface area contributed by atoms with Crippen molar-refractivity contribution < 1.29 is 14.6 Å². The van der Waals surface area contributed by atoms with E-state index >= 15 is 0 Å². The third-order valence-corrected chi connectivity index (χ3v) is 4.97. The van der Waals surface area contributed by atoms with E-state index in [0.717, 1.165) is 31.8 Å². The van der Waals surface area contributed by atoms with E-state index in [1.807, 2.05) is 0 Å². The van der Waals surface area contributed by atoms with Crippen LogP contribution in [0.25, 0.3) is 0 Å². The molecule has 0 aromatic rings. The minimum atomic E-state index is -0.349. The van der Waals surface area contributed by atoms with Crippen molar-refractivity contribution in [2.45, 2.75) is 97.4 Å². The highest BCUT2D eigenvalue weighted by atomic mass is 16.7. The van der Waals surface area contributed by atoms with Crippen molar-refractivity contribution in [1.29, 1.82) is 0 Å². The second-order valence-corrected chi connectivity index (χ2v) is 6.88. The molecule has 0 spiro atoms. The Labute approximate surface area is 137 Å². The Morgan fingerprint density at radius 3 is 2.50 bits per heavy atom. The Balaban J connectivity index is 2.35. The zero-order valence-electron chi connectivity index (χ0n) is 15.1. The number of ether oxygens (including phenoxy) is 2. The molecule has 3 nitrogen and oxygen atoms in total. The summed E-state index contributed by atoms with van der Waals surface area (Å²) in [7, 11) is 0. The number of aliphatic hydroxyl groups excluding tert-OH is 1. The van der Waals surface area contributed by atoms with E-state index in [2.05, 4.69) is 20.8 Å². The lowest BCUT2D eigenvalue weighted by atomic mass is 9.80. The lowest BCUT2D eigenvalue weighted by Gasteiger charge is -2.29. The molecule has 3 unspecified atom stereocenters. The first-order valence-corrected chi connectivity index (χ1v) is 9.62. The molecule has 0 radical (unpaired) electrons. The number of aliphatic hydroxyl groups is 1. The van der Waals surface area contributed by atoms with Gasteiger partial charge in [0, 0.05) is 6.61 Å². The van der Waals surface area contributed by atoms with Crippen molar-refractivity contribution in [1.82, 2.24) is 0 Å². The minimum Gasteiger partial charge on any atom is -0.391 e. The Kier molecular flexibility index (Phi) is 11.2. The molecule has 132 valence electrons. The molecule has 3 heteroatoms. The molecule has 22 heavy (non-hydrogen) atoms. The average Bonchev–Trinajstić information content (AvgIpc) is 2.54. The van der Waals surface area contributed by atoms with Gasteiger partial charge in [0.2, 0.25) is 0 Å². The van der Waals surface area contributed by atoms with Gasteiger partial charge in [0.15, 0.2) is 6.29 Å². The summed E-state index contributed by atoms with van der Waals surface area (Å²) in [5.41, 5.74) is 0. The number of rotatable bonds is 12. The van der Waals surface area contributed by atoms with E-state index in [-0.39, 0.29) is 12.4 Å². The number of hydrogen-bond donors (Lipinski definition) is 1. The molecule has 0 bridgehead atoms. The van der Waals surface area contributed by atoms with E-state index in [1.54, 1.807) is 0 Å². The van der Waals surface area contributed by atoms with Crippen molar-refractivity contribution in [3.8, 4) is 0 Å². The van der Waals surface area contributed by atoms with Crippen LogP contribution in [0.15, 0.2) is 0 Å². The van der Waals surface area contributed by atoms with E-state index in [9.17, 15) is 5.11 Å². The lowest BCUT2D eigenvalue weighted by molar-refractivity contribution is -0.176. The molecular weight excluding hydrogens is 276 g/mol. The Hall–Kier alpha value is -0.120. The molecule has 0 amide bonds. The smallest absolute Gasteiger partial charge is 0.157 e. The predicted octanol–water partition coefficient (Wildman–Crippen LogP) is 4.91. The first-order chi connectivity index (χ1) is 10.7. The Morgan fingerprint density at radius 2 is 1.91 bits per heavy atom. The van der Waals surface area contributed by atoms with Crippen LogP contribution < -0.4 is 0 Å². The normalized spacial score (nSPS) is 23.2. The zero-order valence-corrected chi connectivity index (χ0v) is 15.1. The van der Waals surface area contributed by atoms with Crippen molar-refractivity contribution in [3.05, 3.63) is 0 Å². The molecule has 0 saturated carbocycles. The summed E-state index contributed by atoms with van der Waals surface area (Å²) < 4.78 is 11.3. The van der Waals surface area contributed by atoms with E-state index < -0.39 is 0 Å². The standard InChI is InChI=1S/C19H38O3/c1-4-7-11-16(6-3)17(10-5-2)14-18(20)15-22-19-12-8-9-13-21-19/h16-20H,4-15H2,1-3H3/t16?,17?,18-,19?/m1/s1. The highest BCUT2D eigenvalue weighted by Gasteiger charge is 2.23. The van der Waals surface area contributed by atoms with Gasteiger partial charge in [-0.15, -0.1) is 0 Å². The van der Waals surface area contributed by atoms with Gasteiger partial charge in [-0.05, 0) is 37.5 Å². The first-order valence-electron chi connectivity index (χ1n) is 9.62. The average molecular weight is 315 g/mol. The third kappa shape index (κ3) is 7.94. The summed E-state index contributed by atoms with van der Waals surface area (Å²) in [6.45, 7) is 8.03. The number of hydrogen-bond acceptors (Lipinski definition) is 3. The summed E-state index contributed by atoms with van der Waals surface area (Å²) >= 11 is 0. The largest absolute Gasteiger partial charge is 0.391 e. The van der Waals surface area contributed by atoms with E-state index in [1.165, 1.54) is 44.9 Å². The molecular formula is C19H38O3. The zero-order chi connectivity index (χ0) is 16.2. The van der Waals surface area contributed by atoms with Crippen LogP contribution in [0.1, 0.15) is 85.0 Å². The maximum absolute atomic E-state index is 10.4. The van der Waals surface area contributed by atoms with Gasteiger partial charge in [-0.1, -0.05) is 59.3 Å². The molecule has 0 aromatic heterocycles. The van der Waals surface area contributed by atoms with Gasteiger partial charge < -0.3 is 14.6 Å². The quantitative estimate of drug-likeness (QED) is 0.556. The molecule has 0 aliphatic carbocycles. The van der Waals surface area contributed by atoms with E-state index in [4.69, 9.17) is 9.47 Å². The maximum atomic E-state index is 10.4. The topological polar surface area (TPSA) is 38.7 Å². The van der Waals surface area contributed by atoms with Crippen molar-refractivity contribution >= 4 is 0 Å². The van der Waals surface area contributed by atoms with Gasteiger partial charge in [0.05, 0.1) is 12.7 Å². The van der Waals surface area contributed by atoms with Gasteiger partial charge in [0.1, 0.15) is 0 Å². The summed E-state index contributed by atoms with van der Waals surface area (Å²) in [5, 5.41) is 10.4. The van der Waals surface area contributed by atoms with Crippen molar-refractivity contribution in [2.24, 2.45) is 11.8 Å². The van der Waals surface area contributed by atoms with Gasteiger partial charge in [-0.25, -0.2) is 0 Å². The molecule has 0 aromatic carbocycles. The second-order valence-electron chi connectivity index (χ2n) is 6.88. The van der Waals surface area contributed by atoms with Gasteiger partial charge in [-0.3, -0.25) is 0 Å². The van der Waals surface area contributed by atoms with Gasteiger partial charge >= 0.3 is 0 Å². The summed E-state index contributed by atoms with van der Waals surface area (Å²) in [6, 6.07) is 0. The van der Waals surface area contributed by atoms with Crippen LogP contribution in [0.2, 0.25) is 0 Å². The minimum absolute atomic E-state index is 0.0879. The molecule has 1 aliphatic rings. The molecule has 1 saturated heterocycles. The van der Waals surface area contributed by atoms with Crippen LogP contribution >= 0.6 is 0 Å². The van der Waals surface area contributed by atoms with Crippen LogP contribution in [0, 0.1) is 11.8 Å². The van der Waals surface area contributed by atoms with Crippen LogP contribution in [-0.2, 0) is 9.47 Å². The summed E-state index contributed by atoms with van der Waals surface area (Å²) in [6.07, 6.45) is 11.2. The van der Waals surface area contributed by atoms with Gasteiger partial charge in [-0.2, -0.15) is 0 Å². The highest BCUT2D eigenvalue weighted by Crippen LogP contribution is 2.30. The van der Waals surface area contributed by atoms with Crippen LogP contribution in [-0.4, -0.2) is 30.7 Å². The molecule has 4 atom stereocenters. The first kappa shape index (κ1) is 19.9. The van der Waals surface area contributed by atoms with Crippen molar-refractivity contribution in [2.75, 3.05) is 13.2 Å². The second kappa shape index (κ2) is 12.3. The fourth-order valence-corrected chi connectivity index (χ4v) is 3.63. The maximum Gasteiger partial charge on any atom is 0.157 e. The van der Waals surface area contributed by atoms with E-state index in [0.29, 0.717) is 12.5 Å². The van der Waals surface area contributed by atoms with Crippen LogP contribution in [0.3, 0.4) is 0 Å².